The van der Waals surface area contributed by atoms with Gasteiger partial charge in [-0.05, 0) is 23.3 Å². The minimum absolute atomic E-state index is 0.185. The minimum atomic E-state index is -0.185. The molecule has 1 unspecified atom stereocenters. The number of halogens is 3. The molecule has 100 valence electrons. The van der Waals surface area contributed by atoms with Crippen LogP contribution in [0.2, 0.25) is 10.0 Å². The second-order valence-corrected chi connectivity index (χ2v) is 5.22. The third-order valence-corrected chi connectivity index (χ3v) is 3.60. The van der Waals surface area contributed by atoms with E-state index in [1.54, 1.807) is 6.07 Å². The second kappa shape index (κ2) is 7.16. The Bertz CT molecular complexity index is 528. The molecule has 4 heteroatoms. The van der Waals surface area contributed by atoms with Crippen LogP contribution in [0.3, 0.4) is 0 Å². The van der Waals surface area contributed by atoms with Crippen molar-refractivity contribution in [1.82, 2.24) is 0 Å². The summed E-state index contributed by atoms with van der Waals surface area (Å²) in [5.74, 6) is 0.449. The molecule has 0 aliphatic heterocycles. The molecule has 0 amide bonds. The first-order chi connectivity index (χ1) is 9.22. The smallest absolute Gasteiger partial charge is 0.108 e. The largest absolute Gasteiger partial charge is 0.368 e. The van der Waals surface area contributed by atoms with E-state index in [1.165, 1.54) is 0 Å². The molecule has 0 saturated carbocycles. The number of benzene rings is 2. The number of rotatable bonds is 5. The van der Waals surface area contributed by atoms with Crippen molar-refractivity contribution in [3.63, 3.8) is 0 Å². The maximum absolute atomic E-state index is 6.07. The summed E-state index contributed by atoms with van der Waals surface area (Å²) in [4.78, 5) is 0. The lowest BCUT2D eigenvalue weighted by atomic mass is 10.0. The first-order valence-corrected chi connectivity index (χ1v) is 7.19. The molecule has 0 spiro atoms. The molecule has 1 atom stereocenters. The Hall–Kier alpha value is -0.730. The highest BCUT2D eigenvalue weighted by atomic mass is 35.5. The Balaban J connectivity index is 2.34. The van der Waals surface area contributed by atoms with Gasteiger partial charge in [-0.2, -0.15) is 0 Å². The number of alkyl halides is 1. The molecule has 0 saturated heterocycles. The van der Waals surface area contributed by atoms with Crippen LogP contribution in [-0.2, 0) is 4.74 Å². The molecule has 0 bridgehead atoms. The Morgan fingerprint density at radius 3 is 2.26 bits per heavy atom. The van der Waals surface area contributed by atoms with Crippen LogP contribution >= 0.6 is 34.8 Å². The zero-order valence-electron chi connectivity index (χ0n) is 10.2. The third-order valence-electron chi connectivity index (χ3n) is 2.71. The summed E-state index contributed by atoms with van der Waals surface area (Å²) < 4.78 is 5.82. The first-order valence-electron chi connectivity index (χ1n) is 5.90. The van der Waals surface area contributed by atoms with E-state index in [2.05, 4.69) is 0 Å². The van der Waals surface area contributed by atoms with Crippen molar-refractivity contribution in [1.29, 1.82) is 0 Å². The summed E-state index contributed by atoms with van der Waals surface area (Å²) in [5, 5.41) is 1.06. The summed E-state index contributed by atoms with van der Waals surface area (Å²) in [5.41, 5.74) is 2.02. The molecule has 19 heavy (non-hydrogen) atoms. The summed E-state index contributed by atoms with van der Waals surface area (Å²) >= 11 is 17.7. The van der Waals surface area contributed by atoms with Crippen LogP contribution in [0.1, 0.15) is 17.2 Å². The van der Waals surface area contributed by atoms with Crippen molar-refractivity contribution in [2.24, 2.45) is 0 Å². The quantitative estimate of drug-likeness (QED) is 0.677. The first kappa shape index (κ1) is 14.7. The van der Waals surface area contributed by atoms with Crippen LogP contribution in [0.4, 0.5) is 0 Å². The average molecular weight is 316 g/mol. The molecule has 2 aromatic rings. The maximum Gasteiger partial charge on any atom is 0.108 e. The molecule has 2 aromatic carbocycles. The van der Waals surface area contributed by atoms with Gasteiger partial charge in [0.15, 0.2) is 0 Å². The van der Waals surface area contributed by atoms with Gasteiger partial charge in [-0.3, -0.25) is 0 Å². The van der Waals surface area contributed by atoms with Crippen molar-refractivity contribution in [3.05, 3.63) is 69.7 Å². The minimum Gasteiger partial charge on any atom is -0.368 e. The number of hydrogen-bond acceptors (Lipinski definition) is 1. The summed E-state index contributed by atoms with van der Waals surface area (Å²) in [6.45, 7) is 0.474. The van der Waals surface area contributed by atoms with Crippen LogP contribution in [0, 0.1) is 0 Å². The fraction of sp³-hybridized carbons (Fsp3) is 0.200. The van der Waals surface area contributed by atoms with Crippen LogP contribution < -0.4 is 0 Å². The van der Waals surface area contributed by atoms with Gasteiger partial charge in [0.1, 0.15) is 6.10 Å². The molecule has 0 radical (unpaired) electrons. The van der Waals surface area contributed by atoms with E-state index in [0.29, 0.717) is 22.5 Å². The fourth-order valence-electron chi connectivity index (χ4n) is 1.85. The predicted molar refractivity (Wildman–Crippen MR) is 81.4 cm³/mol. The van der Waals surface area contributed by atoms with Gasteiger partial charge < -0.3 is 4.74 Å². The van der Waals surface area contributed by atoms with E-state index in [-0.39, 0.29) is 6.10 Å². The van der Waals surface area contributed by atoms with Crippen LogP contribution in [0.5, 0.6) is 0 Å². The van der Waals surface area contributed by atoms with Crippen molar-refractivity contribution >= 4 is 34.8 Å². The predicted octanol–water partition coefficient (Wildman–Crippen LogP) is 5.34. The van der Waals surface area contributed by atoms with E-state index >= 15 is 0 Å². The van der Waals surface area contributed by atoms with Gasteiger partial charge in [-0.25, -0.2) is 0 Å². The fourth-order valence-corrected chi connectivity index (χ4v) is 2.25. The lowest BCUT2D eigenvalue weighted by molar-refractivity contribution is 0.0929. The molecule has 0 aromatic heterocycles. The maximum atomic E-state index is 6.07. The van der Waals surface area contributed by atoms with Gasteiger partial charge in [0.05, 0.1) is 16.7 Å². The van der Waals surface area contributed by atoms with Crippen LogP contribution in [-0.4, -0.2) is 12.5 Å². The molecule has 0 fully saturated rings. The Kier molecular flexibility index (Phi) is 5.53. The number of hydrogen-bond donors (Lipinski definition) is 0. The van der Waals surface area contributed by atoms with Gasteiger partial charge in [0.25, 0.3) is 0 Å². The van der Waals surface area contributed by atoms with E-state index < -0.39 is 0 Å². The van der Waals surface area contributed by atoms with E-state index in [4.69, 9.17) is 39.5 Å². The third kappa shape index (κ3) is 3.87. The van der Waals surface area contributed by atoms with Gasteiger partial charge in [-0.15, -0.1) is 11.6 Å². The van der Waals surface area contributed by atoms with E-state index in [0.717, 1.165) is 11.1 Å². The van der Waals surface area contributed by atoms with Crippen molar-refractivity contribution < 1.29 is 4.74 Å². The molecule has 0 N–H and O–H groups in total. The zero-order valence-corrected chi connectivity index (χ0v) is 12.4. The highest BCUT2D eigenvalue weighted by molar-refractivity contribution is 6.42. The molecule has 1 nitrogen and oxygen atoms in total. The molecular formula is C15H13Cl3O. The van der Waals surface area contributed by atoms with Crippen molar-refractivity contribution in [2.45, 2.75) is 6.10 Å². The molecule has 0 aliphatic rings. The average Bonchev–Trinajstić information content (AvgIpc) is 2.44. The van der Waals surface area contributed by atoms with Gasteiger partial charge >= 0.3 is 0 Å². The second-order valence-electron chi connectivity index (χ2n) is 4.02. The van der Waals surface area contributed by atoms with Gasteiger partial charge in [-0.1, -0.05) is 59.6 Å². The summed E-state index contributed by atoms with van der Waals surface area (Å²) in [6, 6.07) is 15.5. The molecule has 0 heterocycles. The molecule has 0 aliphatic carbocycles. The van der Waals surface area contributed by atoms with E-state index in [9.17, 15) is 0 Å². The standard InChI is InChI=1S/C15H13Cl3O/c16-8-9-19-15(11-4-2-1-3-5-11)12-6-7-13(17)14(18)10-12/h1-7,10,15H,8-9H2. The van der Waals surface area contributed by atoms with Crippen LogP contribution in [0.15, 0.2) is 48.5 Å². The van der Waals surface area contributed by atoms with E-state index in [1.807, 2.05) is 42.5 Å². The SMILES string of the molecule is ClCCOC(c1ccccc1)c1ccc(Cl)c(Cl)c1. The lowest BCUT2D eigenvalue weighted by Gasteiger charge is -2.19. The van der Waals surface area contributed by atoms with Crippen LogP contribution in [0.25, 0.3) is 0 Å². The van der Waals surface area contributed by atoms with Gasteiger partial charge in [0.2, 0.25) is 0 Å². The topological polar surface area (TPSA) is 9.23 Å². The van der Waals surface area contributed by atoms with Gasteiger partial charge in [0, 0.05) is 5.88 Å². The molecular weight excluding hydrogens is 303 g/mol. The monoisotopic (exact) mass is 314 g/mol. The molecule has 2 rings (SSSR count). The normalized spacial score (nSPS) is 12.4. The number of ether oxygens (including phenoxy) is 1. The Morgan fingerprint density at radius 1 is 0.895 bits per heavy atom. The Morgan fingerprint density at radius 2 is 1.63 bits per heavy atom. The lowest BCUT2D eigenvalue weighted by Crippen LogP contribution is -2.08. The van der Waals surface area contributed by atoms with Crippen molar-refractivity contribution in [2.75, 3.05) is 12.5 Å². The summed E-state index contributed by atoms with van der Waals surface area (Å²) in [7, 11) is 0. The summed E-state index contributed by atoms with van der Waals surface area (Å²) in [6.07, 6.45) is -0.185. The van der Waals surface area contributed by atoms with Crippen molar-refractivity contribution in [3.8, 4) is 0 Å². The Labute approximate surface area is 128 Å². The highest BCUT2D eigenvalue weighted by Crippen LogP contribution is 2.31. The highest BCUT2D eigenvalue weighted by Gasteiger charge is 2.15. The zero-order chi connectivity index (χ0) is 13.7.